The molecule has 0 spiro atoms. The maximum absolute atomic E-state index is 12.7. The molecule has 1 saturated heterocycles. The quantitative estimate of drug-likeness (QED) is 0.745. The van der Waals surface area contributed by atoms with E-state index in [2.05, 4.69) is 19.9 Å². The first-order valence-electron chi connectivity index (χ1n) is 8.93. The normalized spacial score (nSPS) is 16.7. The number of hydrogen-bond donors (Lipinski definition) is 2. The number of amides is 1. The van der Waals surface area contributed by atoms with Crippen molar-refractivity contribution in [2.75, 3.05) is 13.1 Å². The van der Waals surface area contributed by atoms with E-state index in [-0.39, 0.29) is 5.91 Å². The number of carbonyl (C=O) groups excluding carboxylic acids is 1. The van der Waals surface area contributed by atoms with Crippen molar-refractivity contribution in [3.8, 4) is 22.6 Å². The van der Waals surface area contributed by atoms with Gasteiger partial charge in [-0.2, -0.15) is 0 Å². The second-order valence-corrected chi connectivity index (χ2v) is 6.88. The Bertz CT molecular complexity index is 978. The molecule has 2 N–H and O–H groups in total. The van der Waals surface area contributed by atoms with Crippen LogP contribution in [0, 0.1) is 13.8 Å². The van der Waals surface area contributed by atoms with Gasteiger partial charge in [-0.25, -0.2) is 4.98 Å². The van der Waals surface area contributed by atoms with Gasteiger partial charge in [-0.3, -0.25) is 14.8 Å². The van der Waals surface area contributed by atoms with Crippen molar-refractivity contribution in [1.82, 2.24) is 24.8 Å². The molecule has 7 heteroatoms. The zero-order valence-electron chi connectivity index (χ0n) is 15.3. The zero-order valence-corrected chi connectivity index (χ0v) is 15.3. The molecule has 1 aliphatic rings. The Morgan fingerprint density at radius 3 is 2.81 bits per heavy atom. The van der Waals surface area contributed by atoms with E-state index in [9.17, 15) is 9.90 Å². The standard InChI is InChI=1S/C20H21N5O2/c1-12-13(2)24-19(23-12)18-8-14(3-5-22-18)15-7-16(10-21-9-15)20(27)25-6-4-17(26)11-25/h3,5,7-10,17,26H,4,6,11H2,1-2H3,(H,23,24). The third-order valence-electron chi connectivity index (χ3n) is 4.90. The van der Waals surface area contributed by atoms with Crippen LogP contribution in [-0.2, 0) is 0 Å². The molecule has 1 fully saturated rings. The van der Waals surface area contributed by atoms with Gasteiger partial charge in [0.15, 0.2) is 5.82 Å². The number of aliphatic hydroxyl groups excluding tert-OH is 1. The Kier molecular flexibility index (Phi) is 4.45. The summed E-state index contributed by atoms with van der Waals surface area (Å²) in [6.07, 6.45) is 5.20. The Balaban J connectivity index is 1.64. The monoisotopic (exact) mass is 363 g/mol. The number of rotatable bonds is 3. The molecule has 1 unspecified atom stereocenters. The number of nitrogens with one attached hydrogen (secondary N) is 1. The van der Waals surface area contributed by atoms with E-state index in [0.29, 0.717) is 25.1 Å². The Labute approximate surface area is 157 Å². The number of aromatic amines is 1. The third kappa shape index (κ3) is 3.46. The summed E-state index contributed by atoms with van der Waals surface area (Å²) in [6, 6.07) is 5.65. The molecule has 0 aromatic carbocycles. The van der Waals surface area contributed by atoms with Gasteiger partial charge in [0.25, 0.3) is 5.91 Å². The summed E-state index contributed by atoms with van der Waals surface area (Å²) < 4.78 is 0. The number of carbonyl (C=O) groups is 1. The van der Waals surface area contributed by atoms with E-state index in [4.69, 9.17) is 0 Å². The van der Waals surface area contributed by atoms with E-state index in [1.165, 1.54) is 0 Å². The van der Waals surface area contributed by atoms with Crippen LogP contribution >= 0.6 is 0 Å². The fraction of sp³-hybridized carbons (Fsp3) is 0.300. The molecule has 3 aromatic heterocycles. The van der Waals surface area contributed by atoms with Gasteiger partial charge in [0.1, 0.15) is 5.69 Å². The lowest BCUT2D eigenvalue weighted by atomic mass is 10.1. The van der Waals surface area contributed by atoms with Crippen LogP contribution < -0.4 is 0 Å². The zero-order chi connectivity index (χ0) is 19.0. The molecule has 0 aliphatic carbocycles. The molecule has 3 aromatic rings. The molecule has 4 heterocycles. The van der Waals surface area contributed by atoms with Crippen molar-refractivity contribution in [1.29, 1.82) is 0 Å². The molecular formula is C20H21N5O2. The first-order chi connectivity index (χ1) is 13.0. The number of aromatic nitrogens is 4. The molecule has 0 saturated carbocycles. The van der Waals surface area contributed by atoms with Crippen molar-refractivity contribution >= 4 is 5.91 Å². The number of imidazole rings is 1. The van der Waals surface area contributed by atoms with Gasteiger partial charge in [0.05, 0.1) is 17.4 Å². The second-order valence-electron chi connectivity index (χ2n) is 6.88. The van der Waals surface area contributed by atoms with Crippen LogP contribution in [0.2, 0.25) is 0 Å². The summed E-state index contributed by atoms with van der Waals surface area (Å²) in [5, 5.41) is 9.66. The minimum atomic E-state index is -0.437. The highest BCUT2D eigenvalue weighted by Gasteiger charge is 2.25. The molecule has 0 bridgehead atoms. The highest BCUT2D eigenvalue weighted by atomic mass is 16.3. The van der Waals surface area contributed by atoms with E-state index >= 15 is 0 Å². The van der Waals surface area contributed by atoms with Crippen LogP contribution in [0.15, 0.2) is 36.8 Å². The van der Waals surface area contributed by atoms with Gasteiger partial charge in [0.2, 0.25) is 0 Å². The van der Waals surface area contributed by atoms with Crippen molar-refractivity contribution in [2.45, 2.75) is 26.4 Å². The van der Waals surface area contributed by atoms with Crippen molar-refractivity contribution < 1.29 is 9.90 Å². The number of aliphatic hydroxyl groups is 1. The average molecular weight is 363 g/mol. The molecular weight excluding hydrogens is 342 g/mol. The number of hydrogen-bond acceptors (Lipinski definition) is 5. The lowest BCUT2D eigenvalue weighted by Gasteiger charge is -2.15. The summed E-state index contributed by atoms with van der Waals surface area (Å²) in [7, 11) is 0. The topological polar surface area (TPSA) is 95.0 Å². The van der Waals surface area contributed by atoms with Gasteiger partial charge in [0, 0.05) is 42.9 Å². The Morgan fingerprint density at radius 2 is 2.11 bits per heavy atom. The highest BCUT2D eigenvalue weighted by molar-refractivity contribution is 5.95. The lowest BCUT2D eigenvalue weighted by Crippen LogP contribution is -2.29. The van der Waals surface area contributed by atoms with Crippen molar-refractivity contribution in [3.63, 3.8) is 0 Å². The maximum Gasteiger partial charge on any atom is 0.255 e. The SMILES string of the molecule is Cc1nc(-c2cc(-c3cncc(C(=O)N4CCC(O)C4)c3)ccn2)[nH]c1C. The first-order valence-corrected chi connectivity index (χ1v) is 8.93. The van der Waals surface area contributed by atoms with Crippen molar-refractivity contribution in [3.05, 3.63) is 53.7 Å². The van der Waals surface area contributed by atoms with Gasteiger partial charge in [-0.15, -0.1) is 0 Å². The predicted octanol–water partition coefficient (Wildman–Crippen LogP) is 2.36. The predicted molar refractivity (Wildman–Crippen MR) is 101 cm³/mol. The average Bonchev–Trinajstić information content (AvgIpc) is 3.27. The number of β-amino-alcohol motifs (C(OH)–C–C–N with tert-alkyl or cyclic N) is 1. The van der Waals surface area contributed by atoms with Crippen LogP contribution in [0.25, 0.3) is 22.6 Å². The molecule has 27 heavy (non-hydrogen) atoms. The number of H-pyrrole nitrogens is 1. The Hall–Kier alpha value is -3.06. The minimum Gasteiger partial charge on any atom is -0.391 e. The number of pyridine rings is 2. The van der Waals surface area contributed by atoms with Gasteiger partial charge >= 0.3 is 0 Å². The molecule has 7 nitrogen and oxygen atoms in total. The number of nitrogens with zero attached hydrogens (tertiary/aromatic N) is 4. The summed E-state index contributed by atoms with van der Waals surface area (Å²) >= 11 is 0. The van der Waals surface area contributed by atoms with Crippen LogP contribution in [0.1, 0.15) is 28.2 Å². The van der Waals surface area contributed by atoms with Gasteiger partial charge in [-0.05, 0) is 44.0 Å². The summed E-state index contributed by atoms with van der Waals surface area (Å²) in [4.78, 5) is 30.7. The van der Waals surface area contributed by atoms with Crippen molar-refractivity contribution in [2.24, 2.45) is 0 Å². The molecule has 4 rings (SSSR count). The number of likely N-dealkylation sites (tertiary alicyclic amines) is 1. The highest BCUT2D eigenvalue weighted by Crippen LogP contribution is 2.24. The second kappa shape index (κ2) is 6.92. The smallest absolute Gasteiger partial charge is 0.255 e. The van der Waals surface area contributed by atoms with Gasteiger partial charge < -0.3 is 15.0 Å². The van der Waals surface area contributed by atoms with Crippen LogP contribution in [0.3, 0.4) is 0 Å². The first kappa shape index (κ1) is 17.4. The molecule has 0 radical (unpaired) electrons. The fourth-order valence-electron chi connectivity index (χ4n) is 3.23. The third-order valence-corrected chi connectivity index (χ3v) is 4.90. The minimum absolute atomic E-state index is 0.104. The molecule has 138 valence electrons. The van der Waals surface area contributed by atoms with Gasteiger partial charge in [-0.1, -0.05) is 0 Å². The van der Waals surface area contributed by atoms with E-state index in [1.807, 2.05) is 32.0 Å². The molecule has 1 atom stereocenters. The molecule has 1 amide bonds. The van der Waals surface area contributed by atoms with Crippen LogP contribution in [0.4, 0.5) is 0 Å². The summed E-state index contributed by atoms with van der Waals surface area (Å²) in [5.74, 6) is 0.616. The van der Waals surface area contributed by atoms with E-state index < -0.39 is 6.10 Å². The molecule has 1 aliphatic heterocycles. The van der Waals surface area contributed by atoms with E-state index in [1.54, 1.807) is 23.5 Å². The fourth-order valence-corrected chi connectivity index (χ4v) is 3.23. The maximum atomic E-state index is 12.7. The lowest BCUT2D eigenvalue weighted by molar-refractivity contribution is 0.0764. The summed E-state index contributed by atoms with van der Waals surface area (Å²) in [6.45, 7) is 4.87. The van der Waals surface area contributed by atoms with Crippen LogP contribution in [-0.4, -0.2) is 55.0 Å². The Morgan fingerprint density at radius 1 is 1.26 bits per heavy atom. The number of aryl methyl sites for hydroxylation is 2. The largest absolute Gasteiger partial charge is 0.391 e. The van der Waals surface area contributed by atoms with Crippen LogP contribution in [0.5, 0.6) is 0 Å². The van der Waals surface area contributed by atoms with E-state index in [0.717, 1.165) is 34.0 Å². The summed E-state index contributed by atoms with van der Waals surface area (Å²) in [5.41, 5.74) is 4.96.